The van der Waals surface area contributed by atoms with Crippen LogP contribution in [0.5, 0.6) is 11.5 Å². The van der Waals surface area contributed by atoms with E-state index in [0.717, 1.165) is 6.42 Å². The maximum absolute atomic E-state index is 12.4. The van der Waals surface area contributed by atoms with Gasteiger partial charge in [-0.15, -0.1) is 10.2 Å². The summed E-state index contributed by atoms with van der Waals surface area (Å²) in [4.78, 5) is 24.1. The summed E-state index contributed by atoms with van der Waals surface area (Å²) < 4.78 is 16.3. The van der Waals surface area contributed by atoms with Gasteiger partial charge in [-0.3, -0.25) is 9.59 Å². The lowest BCUT2D eigenvalue weighted by molar-refractivity contribution is -0.116. The molecule has 1 amide bonds. The average Bonchev–Trinajstić information content (AvgIpc) is 3.41. The second-order valence-electron chi connectivity index (χ2n) is 6.53. The Labute approximate surface area is 177 Å². The third-order valence-electron chi connectivity index (χ3n) is 4.32. The molecule has 0 bridgehead atoms. The van der Waals surface area contributed by atoms with Crippen LogP contribution in [0.4, 0.5) is 5.69 Å². The predicted molar refractivity (Wildman–Crippen MR) is 111 cm³/mol. The van der Waals surface area contributed by atoms with E-state index in [4.69, 9.17) is 13.9 Å². The number of hydrogen-bond acceptors (Lipinski definition) is 8. The molecule has 9 heteroatoms. The molecule has 0 radical (unpaired) electrons. The Morgan fingerprint density at radius 3 is 2.67 bits per heavy atom. The van der Waals surface area contributed by atoms with E-state index in [-0.39, 0.29) is 24.2 Å². The fourth-order valence-corrected chi connectivity index (χ4v) is 3.47. The van der Waals surface area contributed by atoms with Gasteiger partial charge in [0, 0.05) is 23.2 Å². The number of carbonyl (C=O) groups excluding carboxylic acids is 2. The molecule has 2 heterocycles. The van der Waals surface area contributed by atoms with Crippen LogP contribution < -0.4 is 14.8 Å². The van der Waals surface area contributed by atoms with E-state index in [9.17, 15) is 9.59 Å². The van der Waals surface area contributed by atoms with Crippen molar-refractivity contribution in [3.05, 3.63) is 48.0 Å². The Hall–Kier alpha value is -3.33. The molecule has 8 nitrogen and oxygen atoms in total. The Morgan fingerprint density at radius 1 is 1.07 bits per heavy atom. The van der Waals surface area contributed by atoms with Gasteiger partial charge >= 0.3 is 0 Å². The maximum Gasteiger partial charge on any atom is 0.277 e. The normalized spacial score (nSPS) is 12.0. The van der Waals surface area contributed by atoms with E-state index in [1.807, 2.05) is 13.0 Å². The van der Waals surface area contributed by atoms with E-state index in [0.29, 0.717) is 45.8 Å². The molecular weight excluding hydrogens is 406 g/mol. The zero-order valence-corrected chi connectivity index (χ0v) is 17.0. The number of carbonyl (C=O) groups is 2. The molecule has 1 aliphatic heterocycles. The summed E-state index contributed by atoms with van der Waals surface area (Å²) in [5.74, 6) is 1.69. The lowest BCUT2D eigenvalue weighted by atomic mass is 10.1. The lowest BCUT2D eigenvalue weighted by Gasteiger charge is -2.05. The smallest absolute Gasteiger partial charge is 0.277 e. The average molecular weight is 425 g/mol. The van der Waals surface area contributed by atoms with E-state index < -0.39 is 0 Å². The van der Waals surface area contributed by atoms with Crippen molar-refractivity contribution < 1.29 is 23.5 Å². The highest BCUT2D eigenvalue weighted by Crippen LogP contribution is 2.36. The number of nitrogens with one attached hydrogen (secondary N) is 1. The van der Waals surface area contributed by atoms with E-state index in [1.165, 1.54) is 11.8 Å². The molecule has 4 rings (SSSR count). The Bertz CT molecular complexity index is 1060. The monoisotopic (exact) mass is 425 g/mol. The van der Waals surface area contributed by atoms with Gasteiger partial charge in [0.1, 0.15) is 0 Å². The van der Waals surface area contributed by atoms with Gasteiger partial charge in [-0.25, -0.2) is 0 Å². The zero-order valence-electron chi connectivity index (χ0n) is 16.2. The highest BCUT2D eigenvalue weighted by molar-refractivity contribution is 7.99. The molecule has 0 fully saturated rings. The van der Waals surface area contributed by atoms with E-state index in [2.05, 4.69) is 15.5 Å². The van der Waals surface area contributed by atoms with Crippen molar-refractivity contribution in [2.75, 3.05) is 17.9 Å². The number of anilines is 1. The van der Waals surface area contributed by atoms with Crippen LogP contribution in [-0.4, -0.2) is 34.4 Å². The molecular formula is C21H19N3O5S. The van der Waals surface area contributed by atoms with Crippen LogP contribution in [0.25, 0.3) is 11.5 Å². The summed E-state index contributed by atoms with van der Waals surface area (Å²) in [7, 11) is 0. The van der Waals surface area contributed by atoms with Crippen molar-refractivity contribution in [3.8, 4) is 23.0 Å². The molecule has 1 aromatic heterocycles. The molecule has 3 aromatic rings. The van der Waals surface area contributed by atoms with Crippen LogP contribution >= 0.6 is 11.8 Å². The van der Waals surface area contributed by atoms with Gasteiger partial charge in [0.25, 0.3) is 5.22 Å². The Balaban J connectivity index is 1.34. The van der Waals surface area contributed by atoms with E-state index in [1.54, 1.807) is 36.4 Å². The minimum Gasteiger partial charge on any atom is -0.454 e. The molecule has 154 valence electrons. The number of benzene rings is 2. The third kappa shape index (κ3) is 4.62. The molecule has 0 unspecified atom stereocenters. The Kier molecular flexibility index (Phi) is 5.99. The van der Waals surface area contributed by atoms with Crippen LogP contribution in [0.3, 0.4) is 0 Å². The summed E-state index contributed by atoms with van der Waals surface area (Å²) in [6.07, 6.45) is 1.25. The standard InChI is InChI=1S/C21H19N3O5S/c1-2-3-19(26)22-15-7-4-13(5-8-15)16(25)11-30-21-24-23-20(29-21)14-6-9-17-18(10-14)28-12-27-17/h4-10H,2-3,11-12H2,1H3,(H,22,26). The van der Waals surface area contributed by atoms with Gasteiger partial charge in [-0.2, -0.15) is 0 Å². The molecule has 0 spiro atoms. The van der Waals surface area contributed by atoms with Crippen LogP contribution in [0.2, 0.25) is 0 Å². The Morgan fingerprint density at radius 2 is 1.87 bits per heavy atom. The van der Waals surface area contributed by atoms with Gasteiger partial charge in [0.15, 0.2) is 17.3 Å². The number of Topliss-reactive ketones (excluding diaryl/α,β-unsaturated/α-hetero) is 1. The van der Waals surface area contributed by atoms with Crippen LogP contribution in [0.1, 0.15) is 30.1 Å². The lowest BCUT2D eigenvalue weighted by Crippen LogP contribution is -2.10. The number of aromatic nitrogens is 2. The number of ether oxygens (including phenoxy) is 2. The maximum atomic E-state index is 12.4. The summed E-state index contributed by atoms with van der Waals surface area (Å²) in [5.41, 5.74) is 1.93. The second kappa shape index (κ2) is 9.00. The fraction of sp³-hybridized carbons (Fsp3) is 0.238. The third-order valence-corrected chi connectivity index (χ3v) is 5.14. The zero-order chi connectivity index (χ0) is 20.9. The number of amides is 1. The molecule has 0 atom stereocenters. The largest absolute Gasteiger partial charge is 0.454 e. The van der Waals surface area contributed by atoms with Gasteiger partial charge in [-0.1, -0.05) is 18.7 Å². The SMILES string of the molecule is CCCC(=O)Nc1ccc(C(=O)CSc2nnc(-c3ccc4c(c3)OCO4)o2)cc1. The number of thioether (sulfide) groups is 1. The topological polar surface area (TPSA) is 104 Å². The van der Waals surface area contributed by atoms with Gasteiger partial charge < -0.3 is 19.2 Å². The minimum atomic E-state index is -0.0748. The minimum absolute atomic E-state index is 0.0400. The number of rotatable bonds is 8. The quantitative estimate of drug-likeness (QED) is 0.423. The number of fused-ring (bicyclic) bond motifs is 1. The first-order chi connectivity index (χ1) is 14.6. The number of ketones is 1. The van der Waals surface area contributed by atoms with Crippen molar-refractivity contribution in [2.45, 2.75) is 25.0 Å². The van der Waals surface area contributed by atoms with Gasteiger partial charge in [0.2, 0.25) is 18.6 Å². The first kappa shape index (κ1) is 20.0. The summed E-state index contributed by atoms with van der Waals surface area (Å²) in [5, 5.41) is 11.1. The van der Waals surface area contributed by atoms with Crippen molar-refractivity contribution in [1.29, 1.82) is 0 Å². The van der Waals surface area contributed by atoms with Crippen molar-refractivity contribution >= 4 is 29.1 Å². The van der Waals surface area contributed by atoms with Crippen molar-refractivity contribution in [2.24, 2.45) is 0 Å². The molecule has 0 saturated carbocycles. The van der Waals surface area contributed by atoms with Gasteiger partial charge in [0.05, 0.1) is 5.75 Å². The van der Waals surface area contributed by atoms with Crippen LogP contribution in [0, 0.1) is 0 Å². The highest BCUT2D eigenvalue weighted by atomic mass is 32.2. The molecule has 1 N–H and O–H groups in total. The van der Waals surface area contributed by atoms with E-state index >= 15 is 0 Å². The summed E-state index contributed by atoms with van der Waals surface area (Å²) in [6.45, 7) is 2.14. The summed E-state index contributed by atoms with van der Waals surface area (Å²) >= 11 is 1.17. The first-order valence-electron chi connectivity index (χ1n) is 9.42. The fourth-order valence-electron chi connectivity index (χ4n) is 2.81. The van der Waals surface area contributed by atoms with Crippen molar-refractivity contribution in [3.63, 3.8) is 0 Å². The molecule has 0 saturated heterocycles. The van der Waals surface area contributed by atoms with Gasteiger partial charge in [-0.05, 0) is 48.9 Å². The molecule has 2 aromatic carbocycles. The summed E-state index contributed by atoms with van der Waals surface area (Å²) in [6, 6.07) is 12.2. The highest BCUT2D eigenvalue weighted by Gasteiger charge is 2.17. The number of nitrogens with zero attached hydrogens (tertiary/aromatic N) is 2. The first-order valence-corrected chi connectivity index (χ1v) is 10.4. The second-order valence-corrected chi connectivity index (χ2v) is 7.46. The van der Waals surface area contributed by atoms with Crippen LogP contribution in [-0.2, 0) is 4.79 Å². The molecule has 0 aliphatic carbocycles. The van der Waals surface area contributed by atoms with Crippen LogP contribution in [0.15, 0.2) is 52.1 Å². The molecule has 30 heavy (non-hydrogen) atoms. The number of hydrogen-bond donors (Lipinski definition) is 1. The molecule has 1 aliphatic rings. The predicted octanol–water partition coefficient (Wildman–Crippen LogP) is 4.18. The van der Waals surface area contributed by atoms with Crippen molar-refractivity contribution in [1.82, 2.24) is 10.2 Å².